The fraction of sp³-hybridized carbons (Fsp3) is 0.143. The Morgan fingerprint density at radius 1 is 0.929 bits per heavy atom. The normalized spacial score (nSPS) is 10.2. The highest BCUT2D eigenvalue weighted by Gasteiger charge is 2.11. The van der Waals surface area contributed by atoms with Gasteiger partial charge >= 0.3 is 0 Å². The van der Waals surface area contributed by atoms with Crippen molar-refractivity contribution in [3.05, 3.63) is 89.5 Å². The lowest BCUT2D eigenvalue weighted by Gasteiger charge is -2.12. The van der Waals surface area contributed by atoms with E-state index in [4.69, 9.17) is 4.74 Å². The fourth-order valence-electron chi connectivity index (χ4n) is 2.49. The van der Waals surface area contributed by atoms with Crippen LogP contribution in [-0.2, 0) is 11.2 Å². The molecule has 7 heteroatoms. The number of ether oxygens (including phenoxy) is 1. The van der Waals surface area contributed by atoms with Crippen LogP contribution in [0.25, 0.3) is 0 Å². The molecule has 0 bridgehead atoms. The highest BCUT2D eigenvalue weighted by molar-refractivity contribution is 5.93. The molecule has 0 fully saturated rings. The van der Waals surface area contributed by atoms with Crippen molar-refractivity contribution < 1.29 is 14.3 Å². The average molecular weight is 376 g/mol. The molecule has 28 heavy (non-hydrogen) atoms. The van der Waals surface area contributed by atoms with Gasteiger partial charge in [0.2, 0.25) is 0 Å². The van der Waals surface area contributed by atoms with E-state index in [1.54, 1.807) is 6.92 Å². The number of rotatable bonds is 6. The predicted octanol–water partition coefficient (Wildman–Crippen LogP) is 2.22. The first-order chi connectivity index (χ1) is 13.6. The van der Waals surface area contributed by atoms with Crippen LogP contribution in [0.2, 0.25) is 0 Å². The minimum atomic E-state index is -0.551. The Labute approximate surface area is 162 Å². The molecule has 1 heterocycles. The van der Waals surface area contributed by atoms with Gasteiger partial charge in [-0.2, -0.15) is 0 Å². The second-order valence-corrected chi connectivity index (χ2v) is 6.10. The number of nitrogens with one attached hydrogen (secondary N) is 2. The summed E-state index contributed by atoms with van der Waals surface area (Å²) in [5.41, 5.74) is 7.52. The number of aryl methyl sites for hydroxylation is 1. The zero-order valence-corrected chi connectivity index (χ0v) is 15.4. The van der Waals surface area contributed by atoms with Crippen LogP contribution in [0, 0.1) is 6.92 Å². The summed E-state index contributed by atoms with van der Waals surface area (Å²) in [6.07, 6.45) is 3.51. The number of carbonyl (C=O) groups is 2. The lowest BCUT2D eigenvalue weighted by molar-refractivity contribution is -0.123. The van der Waals surface area contributed by atoms with E-state index in [1.165, 1.54) is 12.4 Å². The van der Waals surface area contributed by atoms with Crippen LogP contribution in [0.4, 0.5) is 0 Å². The van der Waals surface area contributed by atoms with Crippen LogP contribution in [0.1, 0.15) is 27.3 Å². The molecule has 142 valence electrons. The highest BCUT2D eigenvalue weighted by atomic mass is 16.5. The number of benzene rings is 2. The van der Waals surface area contributed by atoms with Gasteiger partial charge in [0.25, 0.3) is 11.8 Å². The summed E-state index contributed by atoms with van der Waals surface area (Å²) in [7, 11) is 0. The van der Waals surface area contributed by atoms with Crippen molar-refractivity contribution in [3.63, 3.8) is 0 Å². The van der Waals surface area contributed by atoms with Crippen molar-refractivity contribution in [2.75, 3.05) is 6.61 Å². The Bertz CT molecular complexity index is 943. The molecule has 0 aliphatic heterocycles. The molecule has 2 N–H and O–H groups in total. The molecule has 3 rings (SSSR count). The van der Waals surface area contributed by atoms with E-state index in [0.717, 1.165) is 11.1 Å². The number of aromatic nitrogens is 2. The first-order valence-corrected chi connectivity index (χ1v) is 8.74. The maximum atomic E-state index is 12.0. The number of carbonyl (C=O) groups excluding carboxylic acids is 2. The van der Waals surface area contributed by atoms with E-state index < -0.39 is 11.8 Å². The van der Waals surface area contributed by atoms with Gasteiger partial charge in [0, 0.05) is 12.6 Å². The van der Waals surface area contributed by atoms with Crippen molar-refractivity contribution in [1.29, 1.82) is 0 Å². The van der Waals surface area contributed by atoms with Gasteiger partial charge in [0.1, 0.15) is 11.4 Å². The van der Waals surface area contributed by atoms with Crippen LogP contribution in [0.15, 0.2) is 67.0 Å². The van der Waals surface area contributed by atoms with E-state index >= 15 is 0 Å². The van der Waals surface area contributed by atoms with E-state index in [2.05, 4.69) is 20.8 Å². The van der Waals surface area contributed by atoms with Gasteiger partial charge in [-0.25, -0.2) is 4.98 Å². The van der Waals surface area contributed by atoms with Crippen molar-refractivity contribution in [2.45, 2.75) is 13.3 Å². The third-order valence-electron chi connectivity index (χ3n) is 3.90. The Morgan fingerprint density at radius 2 is 1.68 bits per heavy atom. The summed E-state index contributed by atoms with van der Waals surface area (Å²) in [4.78, 5) is 31.8. The molecule has 2 amide bonds. The smallest absolute Gasteiger partial charge is 0.289 e. The van der Waals surface area contributed by atoms with Gasteiger partial charge in [-0.15, -0.1) is 0 Å². The first kappa shape index (κ1) is 19.0. The van der Waals surface area contributed by atoms with Crippen molar-refractivity contribution in [3.8, 4) is 5.75 Å². The van der Waals surface area contributed by atoms with E-state index in [0.29, 0.717) is 17.9 Å². The number of hydrogen-bond donors (Lipinski definition) is 2. The number of amides is 2. The maximum absolute atomic E-state index is 12.0. The number of para-hydroxylation sites is 1. The molecule has 3 aromatic rings. The second kappa shape index (κ2) is 9.27. The topological polar surface area (TPSA) is 93.2 Å². The van der Waals surface area contributed by atoms with Crippen molar-refractivity contribution in [2.24, 2.45) is 0 Å². The van der Waals surface area contributed by atoms with Gasteiger partial charge in [0.05, 0.1) is 11.9 Å². The van der Waals surface area contributed by atoms with Crippen LogP contribution < -0.4 is 15.6 Å². The zero-order valence-electron chi connectivity index (χ0n) is 15.4. The number of hydrazine groups is 1. The fourth-order valence-corrected chi connectivity index (χ4v) is 2.49. The van der Waals surface area contributed by atoms with Crippen LogP contribution in [0.3, 0.4) is 0 Å². The summed E-state index contributed by atoms with van der Waals surface area (Å²) < 4.78 is 5.63. The molecule has 0 aliphatic rings. The molecule has 0 aliphatic carbocycles. The molecule has 0 saturated heterocycles. The summed E-state index contributed by atoms with van der Waals surface area (Å²) in [5.74, 6) is -0.412. The van der Waals surface area contributed by atoms with Crippen LogP contribution >= 0.6 is 0 Å². The standard InChI is InChI=1S/C21H20N4O3/c1-15-12-23-18(13-22-15)21(27)25-24-20(26)14-28-19-10-6-5-9-17(19)11-16-7-3-2-4-8-16/h2-10,12-13H,11,14H2,1H3,(H,24,26)(H,25,27). The lowest BCUT2D eigenvalue weighted by atomic mass is 10.0. The third-order valence-corrected chi connectivity index (χ3v) is 3.90. The summed E-state index contributed by atoms with van der Waals surface area (Å²) in [5, 5.41) is 0. The molecule has 1 aromatic heterocycles. The Hall–Kier alpha value is -3.74. The van der Waals surface area contributed by atoms with E-state index in [1.807, 2.05) is 54.6 Å². The average Bonchev–Trinajstić information content (AvgIpc) is 2.72. The quantitative estimate of drug-likeness (QED) is 0.644. The zero-order chi connectivity index (χ0) is 19.8. The molecule has 0 unspecified atom stereocenters. The number of nitrogens with zero attached hydrogens (tertiary/aromatic N) is 2. The van der Waals surface area contributed by atoms with Crippen LogP contribution in [0.5, 0.6) is 5.75 Å². The molecule has 0 radical (unpaired) electrons. The Morgan fingerprint density at radius 3 is 2.43 bits per heavy atom. The minimum Gasteiger partial charge on any atom is -0.483 e. The SMILES string of the molecule is Cc1cnc(C(=O)NNC(=O)COc2ccccc2Cc2ccccc2)cn1. The largest absolute Gasteiger partial charge is 0.483 e. The predicted molar refractivity (Wildman–Crippen MR) is 104 cm³/mol. The van der Waals surface area contributed by atoms with Gasteiger partial charge in [-0.05, 0) is 24.1 Å². The van der Waals surface area contributed by atoms with E-state index in [9.17, 15) is 9.59 Å². The monoisotopic (exact) mass is 376 g/mol. The summed E-state index contributed by atoms with van der Waals surface area (Å²) in [6.45, 7) is 1.54. The van der Waals surface area contributed by atoms with E-state index in [-0.39, 0.29) is 12.3 Å². The van der Waals surface area contributed by atoms with Gasteiger partial charge < -0.3 is 4.74 Å². The highest BCUT2D eigenvalue weighted by Crippen LogP contribution is 2.21. The molecule has 0 spiro atoms. The Balaban J connectivity index is 1.52. The lowest BCUT2D eigenvalue weighted by Crippen LogP contribution is -2.44. The molecule has 0 saturated carbocycles. The second-order valence-electron chi connectivity index (χ2n) is 6.10. The van der Waals surface area contributed by atoms with Crippen molar-refractivity contribution >= 4 is 11.8 Å². The number of hydrogen-bond acceptors (Lipinski definition) is 5. The van der Waals surface area contributed by atoms with Gasteiger partial charge in [-0.3, -0.25) is 25.4 Å². The molecule has 0 atom stereocenters. The first-order valence-electron chi connectivity index (χ1n) is 8.74. The molecule has 7 nitrogen and oxygen atoms in total. The van der Waals surface area contributed by atoms with Gasteiger partial charge in [0.15, 0.2) is 6.61 Å². The molecular weight excluding hydrogens is 356 g/mol. The summed E-state index contributed by atoms with van der Waals surface area (Å²) in [6, 6.07) is 17.5. The molecule has 2 aromatic carbocycles. The third kappa shape index (κ3) is 5.38. The summed E-state index contributed by atoms with van der Waals surface area (Å²) >= 11 is 0. The van der Waals surface area contributed by atoms with Crippen molar-refractivity contribution in [1.82, 2.24) is 20.8 Å². The van der Waals surface area contributed by atoms with Gasteiger partial charge in [-0.1, -0.05) is 48.5 Å². The maximum Gasteiger partial charge on any atom is 0.289 e. The Kier molecular flexibility index (Phi) is 6.30. The molecular formula is C21H20N4O3. The minimum absolute atomic E-state index is 0.111. The van der Waals surface area contributed by atoms with Crippen LogP contribution in [-0.4, -0.2) is 28.4 Å².